The van der Waals surface area contributed by atoms with Gasteiger partial charge in [-0.1, -0.05) is 60.7 Å². The molecular weight excluding hydrogens is 288 g/mol. The number of H-pyrrole nitrogens is 1. The average Bonchev–Trinajstić information content (AvgIpc) is 2.62. The molecule has 0 bridgehead atoms. The highest BCUT2D eigenvalue weighted by molar-refractivity contribution is 5.83. The average molecular weight is 302 g/mol. The monoisotopic (exact) mass is 302 g/mol. The maximum Gasteiger partial charge on any atom is 0.267 e. The molecule has 0 atom stereocenters. The lowest BCUT2D eigenvalue weighted by Gasteiger charge is -2.15. The number of benzene rings is 2. The normalized spacial score (nSPS) is 10.1. The molecule has 112 valence electrons. The summed E-state index contributed by atoms with van der Waals surface area (Å²) < 4.78 is 5.56. The van der Waals surface area contributed by atoms with Crippen molar-refractivity contribution in [1.82, 2.24) is 4.98 Å². The van der Waals surface area contributed by atoms with Crippen molar-refractivity contribution in [3.05, 3.63) is 76.6 Å². The summed E-state index contributed by atoms with van der Waals surface area (Å²) in [6.07, 6.45) is 0. The largest absolute Gasteiger partial charge is 0.494 e. The van der Waals surface area contributed by atoms with E-state index in [1.165, 1.54) is 7.11 Å². The zero-order valence-electron chi connectivity index (χ0n) is 12.5. The van der Waals surface area contributed by atoms with E-state index in [1.807, 2.05) is 66.7 Å². The van der Waals surface area contributed by atoms with Gasteiger partial charge in [0.2, 0.25) is 0 Å². The lowest BCUT2D eigenvalue weighted by atomic mass is 9.97. The van der Waals surface area contributed by atoms with Crippen LogP contribution >= 0.6 is 0 Å². The molecular formula is C19H14N2O2. The van der Waals surface area contributed by atoms with Gasteiger partial charge in [0, 0.05) is 11.1 Å². The fraction of sp³-hybridized carbons (Fsp3) is 0.0526. The van der Waals surface area contributed by atoms with E-state index in [9.17, 15) is 10.1 Å². The number of nitrogens with zero attached hydrogens (tertiary/aromatic N) is 1. The Kier molecular flexibility index (Phi) is 3.94. The number of hydrogen-bond donors (Lipinski definition) is 1. The second-order valence-electron chi connectivity index (χ2n) is 4.96. The van der Waals surface area contributed by atoms with Crippen LogP contribution in [0.15, 0.2) is 65.5 Å². The molecule has 4 nitrogen and oxygen atoms in total. The van der Waals surface area contributed by atoms with Crippen LogP contribution in [0.2, 0.25) is 0 Å². The van der Waals surface area contributed by atoms with Gasteiger partial charge in [0.15, 0.2) is 5.75 Å². The third-order valence-corrected chi connectivity index (χ3v) is 3.61. The molecule has 0 spiro atoms. The third-order valence-electron chi connectivity index (χ3n) is 3.61. The van der Waals surface area contributed by atoms with E-state index in [1.54, 1.807) is 0 Å². The van der Waals surface area contributed by atoms with Crippen molar-refractivity contribution >= 4 is 0 Å². The number of ether oxygens (including phenoxy) is 1. The molecule has 23 heavy (non-hydrogen) atoms. The van der Waals surface area contributed by atoms with Gasteiger partial charge in [-0.05, 0) is 5.56 Å². The first-order valence-electron chi connectivity index (χ1n) is 7.11. The lowest BCUT2D eigenvalue weighted by Crippen LogP contribution is -2.14. The van der Waals surface area contributed by atoms with E-state index in [4.69, 9.17) is 4.74 Å². The van der Waals surface area contributed by atoms with E-state index < -0.39 is 5.56 Å². The molecule has 1 N–H and O–H groups in total. The van der Waals surface area contributed by atoms with Gasteiger partial charge in [-0.15, -0.1) is 0 Å². The van der Waals surface area contributed by atoms with Crippen LogP contribution in [0.5, 0.6) is 5.75 Å². The molecule has 0 saturated heterocycles. The SMILES string of the molecule is COc1c(-c2ccccc2)[nH]c(=O)c(C#N)c1-c1ccccc1. The third kappa shape index (κ3) is 2.60. The summed E-state index contributed by atoms with van der Waals surface area (Å²) in [5.74, 6) is 0.485. The molecule has 1 heterocycles. The molecule has 3 rings (SSSR count). The van der Waals surface area contributed by atoms with Crippen LogP contribution in [0.4, 0.5) is 0 Å². The summed E-state index contributed by atoms with van der Waals surface area (Å²) in [5.41, 5.74) is 2.29. The van der Waals surface area contributed by atoms with Gasteiger partial charge in [-0.3, -0.25) is 4.79 Å². The topological polar surface area (TPSA) is 65.9 Å². The van der Waals surface area contributed by atoms with E-state index in [0.717, 1.165) is 11.1 Å². The second kappa shape index (κ2) is 6.20. The minimum absolute atomic E-state index is 0.0488. The fourth-order valence-corrected chi connectivity index (χ4v) is 2.58. The van der Waals surface area contributed by atoms with Crippen molar-refractivity contribution < 1.29 is 4.74 Å². The number of nitriles is 1. The Balaban J connectivity index is 2.40. The molecule has 0 aliphatic rings. The minimum atomic E-state index is -0.425. The number of hydrogen-bond acceptors (Lipinski definition) is 3. The van der Waals surface area contributed by atoms with Gasteiger partial charge in [-0.25, -0.2) is 0 Å². The Morgan fingerprint density at radius 3 is 2.04 bits per heavy atom. The summed E-state index contributed by atoms with van der Waals surface area (Å²) >= 11 is 0. The van der Waals surface area contributed by atoms with Gasteiger partial charge in [0.25, 0.3) is 5.56 Å². The Morgan fingerprint density at radius 1 is 0.957 bits per heavy atom. The molecule has 0 radical (unpaired) electrons. The second-order valence-corrected chi connectivity index (χ2v) is 4.96. The first kappa shape index (κ1) is 14.6. The van der Waals surface area contributed by atoms with Crippen molar-refractivity contribution in [2.75, 3.05) is 7.11 Å². The van der Waals surface area contributed by atoms with Crippen molar-refractivity contribution in [3.63, 3.8) is 0 Å². The van der Waals surface area contributed by atoms with Crippen LogP contribution < -0.4 is 10.3 Å². The highest BCUT2D eigenvalue weighted by Gasteiger charge is 2.20. The van der Waals surface area contributed by atoms with E-state index in [-0.39, 0.29) is 5.56 Å². The van der Waals surface area contributed by atoms with Crippen LogP contribution in [0.3, 0.4) is 0 Å². The highest BCUT2D eigenvalue weighted by Crippen LogP contribution is 2.38. The number of rotatable bonds is 3. The van der Waals surface area contributed by atoms with Gasteiger partial charge in [-0.2, -0.15) is 5.26 Å². The molecule has 3 aromatic rings. The van der Waals surface area contributed by atoms with Crippen molar-refractivity contribution in [3.8, 4) is 34.2 Å². The Morgan fingerprint density at radius 2 is 1.52 bits per heavy atom. The number of pyridine rings is 1. The predicted octanol–water partition coefficient (Wildman–Crippen LogP) is 3.59. The predicted molar refractivity (Wildman–Crippen MR) is 89.2 cm³/mol. The summed E-state index contributed by atoms with van der Waals surface area (Å²) in [6.45, 7) is 0. The maximum absolute atomic E-state index is 12.4. The van der Waals surface area contributed by atoms with E-state index in [2.05, 4.69) is 4.98 Å². The Bertz CT molecular complexity index is 923. The van der Waals surface area contributed by atoms with Crippen molar-refractivity contribution in [1.29, 1.82) is 5.26 Å². The fourth-order valence-electron chi connectivity index (χ4n) is 2.58. The zero-order valence-corrected chi connectivity index (χ0v) is 12.5. The van der Waals surface area contributed by atoms with Crippen LogP contribution in [0, 0.1) is 11.3 Å². The van der Waals surface area contributed by atoms with E-state index in [0.29, 0.717) is 17.0 Å². The highest BCUT2D eigenvalue weighted by atomic mass is 16.5. The molecule has 1 aromatic heterocycles. The Hall–Kier alpha value is -3.32. The summed E-state index contributed by atoms with van der Waals surface area (Å²) in [7, 11) is 1.54. The number of aromatic nitrogens is 1. The summed E-state index contributed by atoms with van der Waals surface area (Å²) in [5, 5.41) is 9.42. The van der Waals surface area contributed by atoms with Crippen molar-refractivity contribution in [2.24, 2.45) is 0 Å². The Labute approximate surface area is 133 Å². The summed E-state index contributed by atoms with van der Waals surface area (Å²) in [6, 6.07) is 20.7. The van der Waals surface area contributed by atoms with Crippen LogP contribution in [-0.4, -0.2) is 12.1 Å². The van der Waals surface area contributed by atoms with Gasteiger partial charge < -0.3 is 9.72 Å². The number of aromatic amines is 1. The molecule has 0 amide bonds. The molecule has 4 heteroatoms. The molecule has 0 saturated carbocycles. The standard InChI is InChI=1S/C19H14N2O2/c1-23-18-16(13-8-4-2-5-9-13)15(12-20)19(22)21-17(18)14-10-6-3-7-11-14/h2-11H,1H3,(H,21,22). The van der Waals surface area contributed by atoms with Crippen molar-refractivity contribution in [2.45, 2.75) is 0 Å². The summed E-state index contributed by atoms with van der Waals surface area (Å²) in [4.78, 5) is 15.1. The van der Waals surface area contributed by atoms with Crippen LogP contribution in [0.1, 0.15) is 5.56 Å². The number of nitrogens with one attached hydrogen (secondary N) is 1. The molecule has 2 aromatic carbocycles. The smallest absolute Gasteiger partial charge is 0.267 e. The zero-order chi connectivity index (χ0) is 16.2. The quantitative estimate of drug-likeness (QED) is 0.804. The van der Waals surface area contributed by atoms with Gasteiger partial charge in [0.1, 0.15) is 11.6 Å². The lowest BCUT2D eigenvalue weighted by molar-refractivity contribution is 0.416. The molecule has 0 fully saturated rings. The van der Waals surface area contributed by atoms with Crippen LogP contribution in [-0.2, 0) is 0 Å². The van der Waals surface area contributed by atoms with E-state index >= 15 is 0 Å². The van der Waals surface area contributed by atoms with Gasteiger partial charge >= 0.3 is 0 Å². The minimum Gasteiger partial charge on any atom is -0.494 e. The molecule has 0 unspecified atom stereocenters. The molecule has 0 aliphatic heterocycles. The number of methoxy groups -OCH3 is 1. The molecule has 0 aliphatic carbocycles. The maximum atomic E-state index is 12.4. The first-order chi connectivity index (χ1) is 11.3. The van der Waals surface area contributed by atoms with Gasteiger partial charge in [0.05, 0.1) is 12.8 Å². The van der Waals surface area contributed by atoms with Crippen LogP contribution in [0.25, 0.3) is 22.4 Å². The first-order valence-corrected chi connectivity index (χ1v) is 7.11.